The topological polar surface area (TPSA) is 52.9 Å². The normalized spacial score (nSPS) is 11.2. The number of rotatable bonds is 9. The van der Waals surface area contributed by atoms with Gasteiger partial charge in [0.2, 0.25) is 0 Å². The molecule has 218 valence electrons. The van der Waals surface area contributed by atoms with Crippen LogP contribution in [-0.2, 0) is 5.41 Å². The number of phenolic OH excluding ortho intramolecular Hbond substituents is 2. The fraction of sp³-hybridized carbons (Fsp3) is 0.100. The van der Waals surface area contributed by atoms with Crippen molar-refractivity contribution in [2.75, 3.05) is 11.5 Å². The largest absolute Gasteiger partial charge is 0.508 e. The van der Waals surface area contributed by atoms with Gasteiger partial charge in [0, 0.05) is 17.1 Å². The highest BCUT2D eigenvalue weighted by Crippen LogP contribution is 2.41. The minimum absolute atomic E-state index is 0.199. The Balaban J connectivity index is 1.38. The van der Waals surface area contributed by atoms with E-state index in [2.05, 4.69) is 91.5 Å². The number of ether oxygens (including phenoxy) is 1. The van der Waals surface area contributed by atoms with Crippen molar-refractivity contribution >= 4 is 17.1 Å². The van der Waals surface area contributed by atoms with Gasteiger partial charge in [-0.05, 0) is 103 Å². The van der Waals surface area contributed by atoms with Crippen molar-refractivity contribution in [1.82, 2.24) is 0 Å². The van der Waals surface area contributed by atoms with E-state index in [1.807, 2.05) is 54.6 Å². The van der Waals surface area contributed by atoms with Crippen molar-refractivity contribution in [3.05, 3.63) is 179 Å². The molecule has 4 nitrogen and oxygen atoms in total. The number of benzene rings is 6. The number of nitrogens with zero attached hydrogens (tertiary/aromatic N) is 1. The third kappa shape index (κ3) is 5.88. The third-order valence-corrected chi connectivity index (χ3v) is 8.12. The Bertz CT molecular complexity index is 1700. The van der Waals surface area contributed by atoms with Gasteiger partial charge in [0.25, 0.3) is 0 Å². The van der Waals surface area contributed by atoms with Crippen LogP contribution in [-0.4, -0.2) is 16.8 Å². The SMILES string of the molecule is Cc1ccc(N(c2ccc(C)cc2)c2ccc(OCC(c3ccccc3)(c3ccc(O)cc3)c3ccc(O)cc3)cc2)cc1. The van der Waals surface area contributed by atoms with Crippen molar-refractivity contribution < 1.29 is 14.9 Å². The molecule has 0 saturated heterocycles. The number of hydrogen-bond donors (Lipinski definition) is 2. The molecule has 0 atom stereocenters. The van der Waals surface area contributed by atoms with Gasteiger partial charge in [-0.25, -0.2) is 0 Å². The maximum absolute atomic E-state index is 10.1. The minimum atomic E-state index is -0.711. The van der Waals surface area contributed by atoms with Crippen LogP contribution < -0.4 is 9.64 Å². The Morgan fingerprint density at radius 3 is 1.30 bits per heavy atom. The average Bonchev–Trinajstić information content (AvgIpc) is 3.06. The Labute approximate surface area is 259 Å². The van der Waals surface area contributed by atoms with Gasteiger partial charge in [-0.3, -0.25) is 0 Å². The molecule has 0 fully saturated rings. The molecular formula is C40H35NO3. The summed E-state index contributed by atoms with van der Waals surface area (Å²) in [5.41, 5.74) is 7.87. The Kier molecular flexibility index (Phi) is 8.07. The van der Waals surface area contributed by atoms with Crippen molar-refractivity contribution in [2.24, 2.45) is 0 Å². The lowest BCUT2D eigenvalue weighted by Gasteiger charge is -2.36. The fourth-order valence-corrected chi connectivity index (χ4v) is 5.68. The number of phenols is 2. The number of aryl methyl sites for hydroxylation is 2. The zero-order valence-electron chi connectivity index (χ0n) is 24.9. The van der Waals surface area contributed by atoms with Crippen LogP contribution in [0.25, 0.3) is 0 Å². The Morgan fingerprint density at radius 1 is 0.477 bits per heavy atom. The molecule has 4 heteroatoms. The van der Waals surface area contributed by atoms with E-state index in [-0.39, 0.29) is 11.5 Å². The van der Waals surface area contributed by atoms with Gasteiger partial charge in [-0.15, -0.1) is 0 Å². The lowest BCUT2D eigenvalue weighted by molar-refractivity contribution is 0.265. The summed E-state index contributed by atoms with van der Waals surface area (Å²) in [6.45, 7) is 4.49. The summed E-state index contributed by atoms with van der Waals surface area (Å²) >= 11 is 0. The molecule has 0 bridgehead atoms. The van der Waals surface area contributed by atoms with E-state index in [1.54, 1.807) is 24.3 Å². The lowest BCUT2D eigenvalue weighted by atomic mass is 9.70. The lowest BCUT2D eigenvalue weighted by Crippen LogP contribution is -2.36. The van der Waals surface area contributed by atoms with E-state index in [4.69, 9.17) is 4.74 Å². The van der Waals surface area contributed by atoms with Crippen LogP contribution in [0, 0.1) is 13.8 Å². The molecular weight excluding hydrogens is 542 g/mol. The summed E-state index contributed by atoms with van der Waals surface area (Å²) in [5, 5.41) is 20.2. The second-order valence-corrected chi connectivity index (χ2v) is 11.2. The quantitative estimate of drug-likeness (QED) is 0.168. The van der Waals surface area contributed by atoms with Crippen LogP contribution in [0.1, 0.15) is 27.8 Å². The first kappa shape index (κ1) is 28.6. The van der Waals surface area contributed by atoms with E-state index in [0.717, 1.165) is 39.5 Å². The number of hydrogen-bond acceptors (Lipinski definition) is 4. The van der Waals surface area contributed by atoms with Gasteiger partial charge in [-0.2, -0.15) is 0 Å². The predicted molar refractivity (Wildman–Crippen MR) is 179 cm³/mol. The molecule has 0 saturated carbocycles. The molecule has 0 amide bonds. The Hall–Kier alpha value is -5.48. The summed E-state index contributed by atoms with van der Waals surface area (Å²) in [6.07, 6.45) is 0. The van der Waals surface area contributed by atoms with Crippen LogP contribution >= 0.6 is 0 Å². The number of aromatic hydroxyl groups is 2. The number of anilines is 3. The molecule has 44 heavy (non-hydrogen) atoms. The van der Waals surface area contributed by atoms with E-state index >= 15 is 0 Å². The Morgan fingerprint density at radius 2 is 0.864 bits per heavy atom. The van der Waals surface area contributed by atoms with Crippen LogP contribution in [0.5, 0.6) is 17.2 Å². The first-order chi connectivity index (χ1) is 21.4. The van der Waals surface area contributed by atoms with Gasteiger partial charge < -0.3 is 19.8 Å². The van der Waals surface area contributed by atoms with Gasteiger partial charge in [0.1, 0.15) is 23.9 Å². The van der Waals surface area contributed by atoms with Gasteiger partial charge in [0.05, 0.1) is 5.41 Å². The van der Waals surface area contributed by atoms with E-state index in [9.17, 15) is 10.2 Å². The highest BCUT2D eigenvalue weighted by atomic mass is 16.5. The summed E-state index contributed by atoms with van der Waals surface area (Å²) < 4.78 is 6.63. The van der Waals surface area contributed by atoms with Crippen molar-refractivity contribution in [2.45, 2.75) is 19.3 Å². The summed E-state index contributed by atoms with van der Waals surface area (Å²) in [4.78, 5) is 2.24. The minimum Gasteiger partial charge on any atom is -0.508 e. The average molecular weight is 578 g/mol. The zero-order valence-corrected chi connectivity index (χ0v) is 24.9. The molecule has 6 rings (SSSR count). The van der Waals surface area contributed by atoms with Crippen molar-refractivity contribution in [3.8, 4) is 17.2 Å². The summed E-state index contributed by atoms with van der Waals surface area (Å²) in [6, 6.07) is 50.0. The van der Waals surface area contributed by atoms with Crippen molar-refractivity contribution in [1.29, 1.82) is 0 Å². The van der Waals surface area contributed by atoms with E-state index in [1.165, 1.54) is 11.1 Å². The third-order valence-electron chi connectivity index (χ3n) is 8.12. The monoisotopic (exact) mass is 577 g/mol. The second-order valence-electron chi connectivity index (χ2n) is 11.2. The molecule has 0 aliphatic heterocycles. The van der Waals surface area contributed by atoms with Crippen molar-refractivity contribution in [3.63, 3.8) is 0 Å². The molecule has 0 aliphatic rings. The van der Waals surface area contributed by atoms with Gasteiger partial charge in [-0.1, -0.05) is 90.0 Å². The van der Waals surface area contributed by atoms with E-state index < -0.39 is 5.41 Å². The summed E-state index contributed by atoms with van der Waals surface area (Å²) in [5.74, 6) is 1.13. The van der Waals surface area contributed by atoms with Gasteiger partial charge in [0.15, 0.2) is 0 Å². The molecule has 6 aromatic carbocycles. The highest BCUT2D eigenvalue weighted by molar-refractivity contribution is 5.76. The molecule has 0 spiro atoms. The maximum atomic E-state index is 10.1. The fourth-order valence-electron chi connectivity index (χ4n) is 5.68. The predicted octanol–water partition coefficient (Wildman–Crippen LogP) is 9.60. The molecule has 0 aliphatic carbocycles. The standard InChI is InChI=1S/C40H35NO3/c1-29-8-16-34(17-9-29)41(35-18-10-30(2)11-19-35)36-20-26-39(27-21-36)44-28-40(31-6-4-3-5-7-31,32-12-22-37(42)23-13-32)33-14-24-38(43)25-15-33/h3-27,42-43H,28H2,1-2H3. The van der Waals surface area contributed by atoms with Crippen LogP contribution in [0.2, 0.25) is 0 Å². The van der Waals surface area contributed by atoms with Crippen LogP contribution in [0.15, 0.2) is 152 Å². The highest BCUT2D eigenvalue weighted by Gasteiger charge is 2.37. The summed E-state index contributed by atoms with van der Waals surface area (Å²) in [7, 11) is 0. The van der Waals surface area contributed by atoms with Crippen LogP contribution in [0.4, 0.5) is 17.1 Å². The first-order valence-corrected chi connectivity index (χ1v) is 14.7. The molecule has 0 aromatic heterocycles. The first-order valence-electron chi connectivity index (χ1n) is 14.7. The van der Waals surface area contributed by atoms with Crippen LogP contribution in [0.3, 0.4) is 0 Å². The molecule has 0 heterocycles. The zero-order chi connectivity index (χ0) is 30.5. The molecule has 0 unspecified atom stereocenters. The molecule has 0 radical (unpaired) electrons. The molecule has 2 N–H and O–H groups in total. The second kappa shape index (κ2) is 12.4. The smallest absolute Gasteiger partial charge is 0.119 e. The maximum Gasteiger partial charge on any atom is 0.119 e. The molecule has 6 aromatic rings. The van der Waals surface area contributed by atoms with E-state index in [0.29, 0.717) is 6.61 Å². The van der Waals surface area contributed by atoms with Gasteiger partial charge >= 0.3 is 0 Å².